The molecule has 4 aliphatic heterocycles. The maximum atomic E-state index is 6.80. The number of fused-ring (bicyclic) bond motifs is 3. The molecule has 8 heterocycles. The standard InChI is InChI=1S/C57H49N5O.Pt/c1-37-30-55(59-38(2)56(37)42-21-24-45(25-22-42)57(3,4)5)62-51-28-23-43(41-10-7-6-8-11-41)31-50(51)49-27-26-48(33-52(49)62)63-47-13-9-12-46(32-47)60-35-53-44-20-18-39-14-16-40(17-15-39)19-29-54(58-34-44)61(53)36-60;/h6-17,21-28,30-35H,18-20,29H2,1-5H3;. The van der Waals surface area contributed by atoms with Crippen molar-refractivity contribution in [3.05, 3.63) is 201 Å². The van der Waals surface area contributed by atoms with Crippen LogP contribution in [0.25, 0.3) is 61.1 Å². The first-order valence-corrected chi connectivity index (χ1v) is 23.3. The molecule has 318 valence electrons. The van der Waals surface area contributed by atoms with Crippen molar-refractivity contribution in [2.24, 2.45) is 0 Å². The summed E-state index contributed by atoms with van der Waals surface area (Å²) in [6.45, 7) is 11.1. The van der Waals surface area contributed by atoms with Gasteiger partial charge in [0.15, 0.2) is 0 Å². The zero-order valence-electron chi connectivity index (χ0n) is 36.8. The summed E-state index contributed by atoms with van der Waals surface area (Å²) in [5.74, 6) is 3.48. The second kappa shape index (κ2) is 15.9. The molecule has 0 aliphatic carbocycles. The van der Waals surface area contributed by atoms with Crippen molar-refractivity contribution in [2.75, 3.05) is 0 Å². The molecule has 0 saturated heterocycles. The van der Waals surface area contributed by atoms with E-state index in [1.54, 1.807) is 0 Å². The van der Waals surface area contributed by atoms with E-state index in [4.69, 9.17) is 14.7 Å². The van der Waals surface area contributed by atoms with Gasteiger partial charge in [-0.05, 0) is 47.1 Å². The Bertz CT molecular complexity index is 3460. The van der Waals surface area contributed by atoms with Crippen LogP contribution in [0, 0.1) is 17.7 Å². The minimum absolute atomic E-state index is 0.0910. The van der Waals surface area contributed by atoms with E-state index in [0.29, 0.717) is 0 Å². The van der Waals surface area contributed by atoms with Gasteiger partial charge < -0.3 is 0 Å². The van der Waals surface area contributed by atoms with Crippen molar-refractivity contribution in [1.82, 2.24) is 23.5 Å². The SMILES string of the molecule is Cc1cc(-n2c3ccc(-c4ccccc4)cc3c3ccc(Oc4cccc(-n5cc6c7cnc(n6[c]5=[Pt])CCc5ccc(cc5)CC7)c4)cc32)nc(C)c1-c1ccc(C(C)(C)C)cc1. The van der Waals surface area contributed by atoms with Crippen molar-refractivity contribution in [2.45, 2.75) is 65.7 Å². The number of rotatable bonds is 6. The fourth-order valence-corrected chi connectivity index (χ4v) is 10.6. The molecule has 6 aromatic carbocycles. The molecule has 4 bridgehead atoms. The maximum absolute atomic E-state index is 6.80. The van der Waals surface area contributed by atoms with Crippen LogP contribution >= 0.6 is 0 Å². The Morgan fingerprint density at radius 2 is 1.34 bits per heavy atom. The van der Waals surface area contributed by atoms with Crippen molar-refractivity contribution < 1.29 is 24.1 Å². The van der Waals surface area contributed by atoms with E-state index in [1.807, 2.05) is 6.07 Å². The van der Waals surface area contributed by atoms with Crippen molar-refractivity contribution in [1.29, 1.82) is 0 Å². The molecule has 0 amide bonds. The normalized spacial score (nSPS) is 12.9. The molecule has 64 heavy (non-hydrogen) atoms. The average Bonchev–Trinajstić information content (AvgIpc) is 3.81. The molecule has 0 unspecified atom stereocenters. The minimum atomic E-state index is 0.0910. The molecule has 0 radical (unpaired) electrons. The summed E-state index contributed by atoms with van der Waals surface area (Å²) in [6, 6.07) is 52.6. The van der Waals surface area contributed by atoms with Crippen LogP contribution in [0.1, 0.15) is 60.1 Å². The Hall–Kier alpha value is -6.62. The van der Waals surface area contributed by atoms with Gasteiger partial charge in [0, 0.05) is 11.3 Å². The smallest absolute Gasteiger partial charge is 0.0579 e. The molecule has 0 fully saturated rings. The third-order valence-corrected chi connectivity index (χ3v) is 14.0. The van der Waals surface area contributed by atoms with E-state index in [-0.39, 0.29) is 5.41 Å². The van der Waals surface area contributed by atoms with Gasteiger partial charge in [0.05, 0.1) is 0 Å². The van der Waals surface area contributed by atoms with Gasteiger partial charge in [-0.3, -0.25) is 0 Å². The van der Waals surface area contributed by atoms with Crippen molar-refractivity contribution in [3.8, 4) is 45.3 Å². The molecule has 0 spiro atoms. The first-order valence-electron chi connectivity index (χ1n) is 22.2. The van der Waals surface area contributed by atoms with Crippen molar-refractivity contribution >= 4 is 27.3 Å². The Morgan fingerprint density at radius 3 is 2.09 bits per heavy atom. The van der Waals surface area contributed by atoms with Crippen LogP contribution < -0.4 is 4.74 Å². The van der Waals surface area contributed by atoms with Crippen molar-refractivity contribution in [3.63, 3.8) is 0 Å². The minimum Gasteiger partial charge on any atom is -0.0579 e. The Balaban J connectivity index is 0.991. The summed E-state index contributed by atoms with van der Waals surface area (Å²) in [5, 5.41) is 2.31. The van der Waals surface area contributed by atoms with E-state index >= 15 is 0 Å². The molecule has 10 aromatic rings. The number of aryl methyl sites for hydroxylation is 6. The molecule has 0 saturated carbocycles. The summed E-state index contributed by atoms with van der Waals surface area (Å²) in [5.41, 5.74) is 16.7. The molecule has 14 rings (SSSR count). The second-order valence-corrected chi connectivity index (χ2v) is 19.3. The number of hydrogen-bond acceptors (Lipinski definition) is 3. The fourth-order valence-electron chi connectivity index (χ4n) is 9.57. The molecule has 0 atom stereocenters. The van der Waals surface area contributed by atoms with Gasteiger partial charge >= 0.3 is 247 Å². The van der Waals surface area contributed by atoms with E-state index in [9.17, 15) is 0 Å². The molecular weight excluding hydrogens is 966 g/mol. The number of hydrogen-bond donors (Lipinski definition) is 0. The van der Waals surface area contributed by atoms with Crippen LogP contribution in [0.5, 0.6) is 11.5 Å². The first-order chi connectivity index (χ1) is 31.1. The quantitative estimate of drug-likeness (QED) is 0.167. The zero-order chi connectivity index (χ0) is 43.7. The van der Waals surface area contributed by atoms with E-state index < -0.39 is 0 Å². The molecule has 7 heteroatoms. The monoisotopic (exact) mass is 1010 g/mol. The number of imidazole rings is 1. The van der Waals surface area contributed by atoms with Gasteiger partial charge in [-0.15, -0.1) is 0 Å². The van der Waals surface area contributed by atoms with Gasteiger partial charge in [0.1, 0.15) is 0 Å². The zero-order valence-corrected chi connectivity index (χ0v) is 39.1. The van der Waals surface area contributed by atoms with Gasteiger partial charge in [0.2, 0.25) is 0 Å². The summed E-state index contributed by atoms with van der Waals surface area (Å²) in [7, 11) is 0. The van der Waals surface area contributed by atoms with Crippen LogP contribution in [-0.4, -0.2) is 23.5 Å². The predicted molar refractivity (Wildman–Crippen MR) is 257 cm³/mol. The molecular formula is C57H49N5OPt. The van der Waals surface area contributed by atoms with E-state index in [2.05, 4.69) is 219 Å². The van der Waals surface area contributed by atoms with Crippen LogP contribution in [0.3, 0.4) is 0 Å². The Labute approximate surface area is 384 Å². The van der Waals surface area contributed by atoms with Crippen LogP contribution in [-0.2, 0) is 50.5 Å². The average molecular weight is 1020 g/mol. The molecule has 0 N–H and O–H groups in total. The number of nitrogens with zero attached hydrogens (tertiary/aromatic N) is 5. The third kappa shape index (κ3) is 7.24. The molecule has 6 nitrogen and oxygen atoms in total. The van der Waals surface area contributed by atoms with Crippen LogP contribution in [0.4, 0.5) is 0 Å². The topological polar surface area (TPSA) is 49.3 Å². The number of pyridine rings is 1. The first kappa shape index (κ1) is 40.2. The number of aromatic nitrogens is 5. The molecule has 4 aliphatic rings. The summed E-state index contributed by atoms with van der Waals surface area (Å²) in [6.07, 6.45) is 8.08. The van der Waals surface area contributed by atoms with E-state index in [1.165, 1.54) is 61.0 Å². The second-order valence-electron chi connectivity index (χ2n) is 18.3. The number of benzene rings is 6. The van der Waals surface area contributed by atoms with E-state index in [0.717, 1.165) is 80.4 Å². The third-order valence-electron chi connectivity index (χ3n) is 13.0. The van der Waals surface area contributed by atoms with Gasteiger partial charge in [0.25, 0.3) is 0 Å². The Kier molecular flexibility index (Phi) is 9.96. The molecule has 4 aromatic heterocycles. The summed E-state index contributed by atoms with van der Waals surface area (Å²) < 4.78 is 14.8. The van der Waals surface area contributed by atoms with Gasteiger partial charge in [-0.25, -0.2) is 0 Å². The number of ether oxygens (including phenoxy) is 1. The summed E-state index contributed by atoms with van der Waals surface area (Å²) in [4.78, 5) is 10.4. The Morgan fingerprint density at radius 1 is 0.609 bits per heavy atom. The van der Waals surface area contributed by atoms with Gasteiger partial charge in [-0.2, -0.15) is 0 Å². The predicted octanol–water partition coefficient (Wildman–Crippen LogP) is 13.6. The van der Waals surface area contributed by atoms with Gasteiger partial charge in [-0.1, -0.05) is 81.4 Å². The van der Waals surface area contributed by atoms with Crippen LogP contribution in [0.15, 0.2) is 158 Å². The fraction of sp³-hybridized carbons (Fsp3) is 0.175. The summed E-state index contributed by atoms with van der Waals surface area (Å²) >= 11 is 2.46. The van der Waals surface area contributed by atoms with Crippen LogP contribution in [0.2, 0.25) is 0 Å².